The molecule has 0 aromatic heterocycles. The second-order valence-corrected chi connectivity index (χ2v) is 14.8. The van der Waals surface area contributed by atoms with Gasteiger partial charge in [-0.3, -0.25) is 4.18 Å². The second-order valence-electron chi connectivity index (χ2n) is 13.7. The Hall–Kier alpha value is 0.870. The summed E-state index contributed by atoms with van der Waals surface area (Å²) in [7, 11) is -4.59. The van der Waals surface area contributed by atoms with E-state index in [1.807, 2.05) is 0 Å². The van der Waals surface area contributed by atoms with Crippen molar-refractivity contribution in [1.82, 2.24) is 0 Å². The molecule has 0 amide bonds. The van der Waals surface area contributed by atoms with E-state index >= 15 is 0 Å². The van der Waals surface area contributed by atoms with Crippen LogP contribution < -0.4 is 29.6 Å². The van der Waals surface area contributed by atoms with E-state index in [9.17, 15) is 13.0 Å². The summed E-state index contributed by atoms with van der Waals surface area (Å²) in [6, 6.07) is 0. The molecule has 0 rings (SSSR count). The van der Waals surface area contributed by atoms with Crippen LogP contribution >= 0.6 is 0 Å². The SMILES string of the molecule is CCCCCCCCCCCCCCCCCCCCCC(CCCCCCCCCCCCCCC)COS(=O)(=O)[O-].[Na+]. The molecule has 6 heteroatoms. The van der Waals surface area contributed by atoms with Crippen molar-refractivity contribution in [2.45, 2.75) is 232 Å². The first-order chi connectivity index (χ1) is 21.0. The minimum atomic E-state index is -4.59. The third kappa shape index (κ3) is 40.9. The normalized spacial score (nSPS) is 12.4. The maximum absolute atomic E-state index is 11.0. The van der Waals surface area contributed by atoms with E-state index in [1.54, 1.807) is 0 Å². The molecule has 0 saturated heterocycles. The topological polar surface area (TPSA) is 66.4 Å². The molecular weight excluding hydrogens is 575 g/mol. The molecule has 0 heterocycles. The van der Waals surface area contributed by atoms with E-state index in [0.717, 1.165) is 25.7 Å². The Morgan fingerprint density at radius 3 is 0.818 bits per heavy atom. The largest absolute Gasteiger partial charge is 1.00 e. The van der Waals surface area contributed by atoms with Crippen LogP contribution in [0.25, 0.3) is 0 Å². The van der Waals surface area contributed by atoms with Crippen LogP contribution in [0.4, 0.5) is 0 Å². The quantitative estimate of drug-likeness (QED) is 0.0290. The zero-order chi connectivity index (χ0) is 31.5. The molecule has 0 aliphatic heterocycles. The van der Waals surface area contributed by atoms with Crippen molar-refractivity contribution >= 4 is 10.4 Å². The van der Waals surface area contributed by atoms with Gasteiger partial charge in [0.2, 0.25) is 10.4 Å². The summed E-state index contributed by atoms with van der Waals surface area (Å²) in [6.45, 7) is 4.63. The number of unbranched alkanes of at least 4 members (excludes halogenated alkanes) is 30. The zero-order valence-electron chi connectivity index (χ0n) is 30.4. The summed E-state index contributed by atoms with van der Waals surface area (Å²) in [5.41, 5.74) is 0. The fourth-order valence-corrected chi connectivity index (χ4v) is 6.81. The van der Waals surface area contributed by atoms with Gasteiger partial charge in [-0.2, -0.15) is 0 Å². The summed E-state index contributed by atoms with van der Waals surface area (Å²) < 4.78 is 37.7. The van der Waals surface area contributed by atoms with Gasteiger partial charge in [0.25, 0.3) is 0 Å². The minimum absolute atomic E-state index is 0. The summed E-state index contributed by atoms with van der Waals surface area (Å²) in [5, 5.41) is 0. The van der Waals surface area contributed by atoms with Crippen LogP contribution in [-0.4, -0.2) is 19.6 Å². The van der Waals surface area contributed by atoms with Gasteiger partial charge >= 0.3 is 29.6 Å². The first-order valence-electron chi connectivity index (χ1n) is 19.6. The van der Waals surface area contributed by atoms with E-state index in [-0.39, 0.29) is 42.1 Å². The predicted molar refractivity (Wildman–Crippen MR) is 187 cm³/mol. The summed E-state index contributed by atoms with van der Waals surface area (Å²) in [5.74, 6) is 0.197. The van der Waals surface area contributed by atoms with Crippen molar-refractivity contribution in [3.05, 3.63) is 0 Å². The van der Waals surface area contributed by atoms with Gasteiger partial charge in [0.1, 0.15) is 0 Å². The molecule has 44 heavy (non-hydrogen) atoms. The van der Waals surface area contributed by atoms with E-state index in [0.29, 0.717) is 0 Å². The van der Waals surface area contributed by atoms with Crippen LogP contribution in [0.1, 0.15) is 232 Å². The van der Waals surface area contributed by atoms with Crippen LogP contribution in [0.3, 0.4) is 0 Å². The van der Waals surface area contributed by atoms with Crippen LogP contribution in [0, 0.1) is 5.92 Å². The van der Waals surface area contributed by atoms with E-state index in [4.69, 9.17) is 0 Å². The molecular formula is C38H77NaO4S. The fourth-order valence-electron chi connectivity index (χ4n) is 6.45. The Morgan fingerprint density at radius 1 is 0.409 bits per heavy atom. The number of hydrogen-bond donors (Lipinski definition) is 0. The van der Waals surface area contributed by atoms with Crippen LogP contribution in [0.15, 0.2) is 0 Å². The van der Waals surface area contributed by atoms with Gasteiger partial charge in [-0.15, -0.1) is 0 Å². The van der Waals surface area contributed by atoms with Gasteiger partial charge in [0, 0.05) is 0 Å². The maximum Gasteiger partial charge on any atom is 1.00 e. The Kier molecular flexibility index (Phi) is 40.9. The van der Waals surface area contributed by atoms with Gasteiger partial charge in [-0.25, -0.2) is 8.42 Å². The van der Waals surface area contributed by atoms with Crippen molar-refractivity contribution in [1.29, 1.82) is 0 Å². The van der Waals surface area contributed by atoms with Gasteiger partial charge < -0.3 is 4.55 Å². The second kappa shape index (κ2) is 38.3. The van der Waals surface area contributed by atoms with Crippen LogP contribution in [0.5, 0.6) is 0 Å². The average molecular weight is 653 g/mol. The van der Waals surface area contributed by atoms with Crippen LogP contribution in [0.2, 0.25) is 0 Å². The Morgan fingerprint density at radius 2 is 0.614 bits per heavy atom. The van der Waals surface area contributed by atoms with Crippen molar-refractivity contribution < 1.29 is 46.7 Å². The van der Waals surface area contributed by atoms with Crippen molar-refractivity contribution in [3.8, 4) is 0 Å². The smallest absolute Gasteiger partial charge is 0.726 e. The molecule has 0 saturated carbocycles. The van der Waals surface area contributed by atoms with Crippen molar-refractivity contribution in [2.24, 2.45) is 5.92 Å². The molecule has 0 aromatic carbocycles. The molecule has 0 aromatic rings. The third-order valence-electron chi connectivity index (χ3n) is 9.38. The number of hydrogen-bond acceptors (Lipinski definition) is 4. The summed E-state index contributed by atoms with van der Waals surface area (Å²) in [4.78, 5) is 0. The molecule has 1 unspecified atom stereocenters. The predicted octanol–water partition coefficient (Wildman–Crippen LogP) is 10.4. The van der Waals surface area contributed by atoms with E-state index in [2.05, 4.69) is 18.0 Å². The molecule has 0 bridgehead atoms. The average Bonchev–Trinajstić information content (AvgIpc) is 2.98. The standard InChI is InChI=1S/C38H78O4S.Na/c1-3-5-7-9-11-13-15-17-18-19-20-21-22-24-26-28-30-32-34-36-38(37-42-43(39,40)41)35-33-31-29-27-25-23-16-14-12-10-8-6-4-2;/h38H,3-37H2,1-2H3,(H,39,40,41);/q;+1/p-1. The molecule has 260 valence electrons. The van der Waals surface area contributed by atoms with E-state index in [1.165, 1.54) is 193 Å². The molecule has 4 nitrogen and oxygen atoms in total. The monoisotopic (exact) mass is 653 g/mol. The zero-order valence-corrected chi connectivity index (χ0v) is 33.2. The van der Waals surface area contributed by atoms with Crippen molar-refractivity contribution in [3.63, 3.8) is 0 Å². The maximum atomic E-state index is 11.0. The first-order valence-corrected chi connectivity index (χ1v) is 20.9. The molecule has 0 radical (unpaired) electrons. The first kappa shape index (κ1) is 47.0. The van der Waals surface area contributed by atoms with Gasteiger partial charge in [0.15, 0.2) is 0 Å². The van der Waals surface area contributed by atoms with Gasteiger partial charge in [-0.05, 0) is 18.8 Å². The summed E-state index contributed by atoms with van der Waals surface area (Å²) >= 11 is 0. The van der Waals surface area contributed by atoms with Gasteiger partial charge in [-0.1, -0.05) is 219 Å². The Bertz CT molecular complexity index is 628. The van der Waals surface area contributed by atoms with Crippen molar-refractivity contribution in [2.75, 3.05) is 6.61 Å². The third-order valence-corrected chi connectivity index (χ3v) is 9.80. The van der Waals surface area contributed by atoms with Crippen LogP contribution in [-0.2, 0) is 14.6 Å². The molecule has 0 fully saturated rings. The molecule has 1 atom stereocenters. The molecule has 0 aliphatic carbocycles. The van der Waals surface area contributed by atoms with Gasteiger partial charge in [0.05, 0.1) is 6.61 Å². The molecule has 0 spiro atoms. The Labute approximate surface area is 300 Å². The molecule has 0 aliphatic rings. The summed E-state index contributed by atoms with van der Waals surface area (Å²) in [6.07, 6.45) is 45.4. The van der Waals surface area contributed by atoms with E-state index < -0.39 is 10.4 Å². The fraction of sp³-hybridized carbons (Fsp3) is 1.00. The molecule has 0 N–H and O–H groups in total. The minimum Gasteiger partial charge on any atom is -0.726 e. The number of rotatable bonds is 37. The Balaban J connectivity index is 0.